The van der Waals surface area contributed by atoms with Gasteiger partial charge in [0.2, 0.25) is 0 Å². The van der Waals surface area contributed by atoms with E-state index in [4.69, 9.17) is 5.26 Å². The molecule has 0 aliphatic heterocycles. The normalized spacial score (nSPS) is 21.0. The molecule has 0 bridgehead atoms. The van der Waals surface area contributed by atoms with Gasteiger partial charge in [-0.05, 0) is 67.6 Å². The van der Waals surface area contributed by atoms with Gasteiger partial charge in [0, 0.05) is 0 Å². The van der Waals surface area contributed by atoms with E-state index in [0.717, 1.165) is 12.8 Å². The molecule has 1 aliphatic rings. The molecule has 0 heterocycles. The van der Waals surface area contributed by atoms with Crippen molar-refractivity contribution in [3.05, 3.63) is 59.4 Å². The minimum absolute atomic E-state index is 0.511. The first-order valence-corrected chi connectivity index (χ1v) is 10.3. The molecule has 1 saturated carbocycles. The Kier molecular flexibility index (Phi) is 9.18. The maximum absolute atomic E-state index is 12.8. The SMILES string of the molecule is CCCCCCCc1ccc([C@H]2CC[C@H](/C=C/C=C(\F)C#N)CC2)cc1. The molecule has 1 aromatic rings. The van der Waals surface area contributed by atoms with Crippen molar-refractivity contribution < 1.29 is 4.39 Å². The number of unbranched alkanes of at least 4 members (excludes halogenated alkanes) is 4. The van der Waals surface area contributed by atoms with Gasteiger partial charge in [-0.2, -0.15) is 9.65 Å². The smallest absolute Gasteiger partial charge is 0.195 e. The van der Waals surface area contributed by atoms with Gasteiger partial charge >= 0.3 is 0 Å². The van der Waals surface area contributed by atoms with Crippen molar-refractivity contribution in [2.45, 2.75) is 77.0 Å². The minimum atomic E-state index is -0.722. The van der Waals surface area contributed by atoms with E-state index in [-0.39, 0.29) is 0 Å². The Labute approximate surface area is 158 Å². The first kappa shape index (κ1) is 20.4. The maximum atomic E-state index is 12.8. The summed E-state index contributed by atoms with van der Waals surface area (Å²) in [6, 6.07) is 10.8. The van der Waals surface area contributed by atoms with E-state index in [0.29, 0.717) is 11.8 Å². The second-order valence-corrected chi connectivity index (χ2v) is 7.53. The number of halogens is 1. The van der Waals surface area contributed by atoms with Crippen molar-refractivity contribution in [1.82, 2.24) is 0 Å². The average Bonchev–Trinajstić information content (AvgIpc) is 2.69. The Balaban J connectivity index is 1.74. The van der Waals surface area contributed by atoms with Gasteiger partial charge in [-0.1, -0.05) is 69.0 Å². The quantitative estimate of drug-likeness (QED) is 0.258. The highest BCUT2D eigenvalue weighted by Gasteiger charge is 2.20. The number of nitriles is 1. The molecule has 2 heteroatoms. The molecular weight excluding hydrogens is 321 g/mol. The maximum Gasteiger partial charge on any atom is 0.199 e. The molecule has 0 unspecified atom stereocenters. The molecule has 1 fully saturated rings. The van der Waals surface area contributed by atoms with E-state index in [9.17, 15) is 4.39 Å². The largest absolute Gasteiger partial charge is 0.199 e. The number of allylic oxidation sites excluding steroid dienone is 4. The predicted molar refractivity (Wildman–Crippen MR) is 108 cm³/mol. The fraction of sp³-hybridized carbons (Fsp3) is 0.542. The van der Waals surface area contributed by atoms with Crippen LogP contribution in [0.3, 0.4) is 0 Å². The standard InChI is InChI=1S/C24H32FN/c1-2-3-4-5-6-8-20-11-15-22(16-12-20)23-17-13-21(14-18-23)9-7-10-24(25)19-26/h7,9-12,15-16,21,23H,2-6,8,13-14,17-18H2,1H3/b9-7+,24-10-/t21-,23-. The lowest BCUT2D eigenvalue weighted by atomic mass is 9.78. The van der Waals surface area contributed by atoms with Gasteiger partial charge < -0.3 is 0 Å². The summed E-state index contributed by atoms with van der Waals surface area (Å²) in [5.41, 5.74) is 2.94. The molecule has 0 spiro atoms. The van der Waals surface area contributed by atoms with Crippen LogP contribution in [-0.2, 0) is 6.42 Å². The van der Waals surface area contributed by atoms with Crippen LogP contribution in [0.1, 0.15) is 81.8 Å². The molecule has 1 aromatic carbocycles. The number of hydrogen-bond acceptors (Lipinski definition) is 1. The molecule has 1 aliphatic carbocycles. The second kappa shape index (κ2) is 11.7. The topological polar surface area (TPSA) is 23.8 Å². The first-order chi connectivity index (χ1) is 12.7. The molecule has 1 nitrogen and oxygen atoms in total. The van der Waals surface area contributed by atoms with E-state index in [1.54, 1.807) is 6.08 Å². The van der Waals surface area contributed by atoms with Crippen LogP contribution in [0.5, 0.6) is 0 Å². The summed E-state index contributed by atoms with van der Waals surface area (Å²) in [6.07, 6.45) is 17.6. The van der Waals surface area contributed by atoms with E-state index >= 15 is 0 Å². The minimum Gasteiger partial charge on any atom is -0.195 e. The highest BCUT2D eigenvalue weighted by molar-refractivity contribution is 5.26. The first-order valence-electron chi connectivity index (χ1n) is 10.3. The van der Waals surface area contributed by atoms with Crippen LogP contribution < -0.4 is 0 Å². The number of nitrogens with zero attached hydrogens (tertiary/aromatic N) is 1. The summed E-state index contributed by atoms with van der Waals surface area (Å²) in [5, 5.41) is 8.41. The van der Waals surface area contributed by atoms with Crippen molar-refractivity contribution in [3.63, 3.8) is 0 Å². The predicted octanol–water partition coefficient (Wildman–Crippen LogP) is 7.41. The summed E-state index contributed by atoms with van der Waals surface area (Å²) < 4.78 is 12.8. The summed E-state index contributed by atoms with van der Waals surface area (Å²) in [6.45, 7) is 2.26. The third-order valence-electron chi connectivity index (χ3n) is 5.52. The van der Waals surface area contributed by atoms with Crippen molar-refractivity contribution in [2.75, 3.05) is 0 Å². The molecule has 140 valence electrons. The van der Waals surface area contributed by atoms with Crippen molar-refractivity contribution >= 4 is 0 Å². The van der Waals surface area contributed by atoms with Gasteiger partial charge in [-0.15, -0.1) is 0 Å². The lowest BCUT2D eigenvalue weighted by Gasteiger charge is -2.27. The van der Waals surface area contributed by atoms with Crippen molar-refractivity contribution in [3.8, 4) is 6.07 Å². The van der Waals surface area contributed by atoms with Crippen LogP contribution in [0.2, 0.25) is 0 Å². The molecule has 0 saturated heterocycles. The molecule has 0 amide bonds. The lowest BCUT2D eigenvalue weighted by molar-refractivity contribution is 0.376. The van der Waals surface area contributed by atoms with E-state index < -0.39 is 5.83 Å². The third kappa shape index (κ3) is 7.16. The van der Waals surface area contributed by atoms with Crippen LogP contribution in [0.4, 0.5) is 4.39 Å². The van der Waals surface area contributed by atoms with E-state index in [2.05, 4.69) is 37.3 Å². The van der Waals surface area contributed by atoms with Crippen LogP contribution in [0, 0.1) is 17.2 Å². The molecule has 2 rings (SSSR count). The Bertz CT molecular complexity index is 613. The van der Waals surface area contributed by atoms with Gasteiger partial charge in [0.25, 0.3) is 0 Å². The van der Waals surface area contributed by atoms with Crippen LogP contribution in [0.15, 0.2) is 48.3 Å². The summed E-state index contributed by atoms with van der Waals surface area (Å²) in [4.78, 5) is 0. The number of rotatable bonds is 9. The zero-order valence-electron chi connectivity index (χ0n) is 16.1. The van der Waals surface area contributed by atoms with Crippen LogP contribution >= 0.6 is 0 Å². The number of aryl methyl sites for hydroxylation is 1. The fourth-order valence-corrected chi connectivity index (χ4v) is 3.87. The Morgan fingerprint density at radius 3 is 2.42 bits per heavy atom. The van der Waals surface area contributed by atoms with Crippen molar-refractivity contribution in [2.24, 2.45) is 5.92 Å². The monoisotopic (exact) mass is 353 g/mol. The molecule has 0 radical (unpaired) electrons. The summed E-state index contributed by atoms with van der Waals surface area (Å²) in [7, 11) is 0. The summed E-state index contributed by atoms with van der Waals surface area (Å²) in [5.74, 6) is 0.446. The van der Waals surface area contributed by atoms with E-state index in [1.165, 1.54) is 74.6 Å². The van der Waals surface area contributed by atoms with Crippen molar-refractivity contribution in [1.29, 1.82) is 5.26 Å². The zero-order chi connectivity index (χ0) is 18.6. The Morgan fingerprint density at radius 2 is 1.77 bits per heavy atom. The van der Waals surface area contributed by atoms with E-state index in [1.807, 2.05) is 0 Å². The molecule has 0 aromatic heterocycles. The second-order valence-electron chi connectivity index (χ2n) is 7.53. The Hall–Kier alpha value is -1.88. The average molecular weight is 354 g/mol. The van der Waals surface area contributed by atoms with Crippen LogP contribution in [-0.4, -0.2) is 0 Å². The molecule has 0 atom stereocenters. The zero-order valence-corrected chi connectivity index (χ0v) is 16.1. The van der Waals surface area contributed by atoms with Gasteiger partial charge in [-0.3, -0.25) is 0 Å². The highest BCUT2D eigenvalue weighted by atomic mass is 19.1. The fourth-order valence-electron chi connectivity index (χ4n) is 3.87. The highest BCUT2D eigenvalue weighted by Crippen LogP contribution is 2.36. The van der Waals surface area contributed by atoms with Gasteiger partial charge in [0.05, 0.1) is 0 Å². The van der Waals surface area contributed by atoms with Gasteiger partial charge in [0.15, 0.2) is 5.83 Å². The third-order valence-corrected chi connectivity index (χ3v) is 5.52. The molecule has 26 heavy (non-hydrogen) atoms. The lowest BCUT2D eigenvalue weighted by Crippen LogP contribution is -2.11. The Morgan fingerprint density at radius 1 is 1.08 bits per heavy atom. The van der Waals surface area contributed by atoms with Gasteiger partial charge in [0.1, 0.15) is 6.07 Å². The van der Waals surface area contributed by atoms with Crippen LogP contribution in [0.25, 0.3) is 0 Å². The van der Waals surface area contributed by atoms with Gasteiger partial charge in [-0.25, -0.2) is 0 Å². The molecular formula is C24H32FN. The number of benzene rings is 1. The number of hydrogen-bond donors (Lipinski definition) is 0. The molecule has 0 N–H and O–H groups in total. The summed E-state index contributed by atoms with van der Waals surface area (Å²) >= 11 is 0.